The number of fused-ring (bicyclic) bond motifs is 1. The number of anilines is 2. The first kappa shape index (κ1) is 55.4. The molecule has 77 heavy (non-hydrogen) atoms. The second-order valence-electron chi connectivity index (χ2n) is 21.2. The predicted molar refractivity (Wildman–Crippen MR) is 301 cm³/mol. The van der Waals surface area contributed by atoms with Crippen LogP contribution >= 0.6 is 11.6 Å². The summed E-state index contributed by atoms with van der Waals surface area (Å²) in [5, 5.41) is 23.9. The Balaban J connectivity index is 0.693. The van der Waals surface area contributed by atoms with E-state index in [0.29, 0.717) is 101 Å². The van der Waals surface area contributed by atoms with E-state index in [1.54, 1.807) is 6.20 Å². The van der Waals surface area contributed by atoms with Gasteiger partial charge < -0.3 is 41.1 Å². The molecule has 0 bridgehead atoms. The molecule has 408 valence electrons. The highest BCUT2D eigenvalue weighted by Crippen LogP contribution is 2.43. The van der Waals surface area contributed by atoms with E-state index >= 15 is 0 Å². The Kier molecular flexibility index (Phi) is 19.0. The number of aliphatic hydroxyl groups excluding tert-OH is 1. The number of likely N-dealkylation sites (tertiary alicyclic amines) is 1. The highest BCUT2D eigenvalue weighted by Gasteiger charge is 2.35. The van der Waals surface area contributed by atoms with Gasteiger partial charge in [-0.3, -0.25) is 29.0 Å². The summed E-state index contributed by atoms with van der Waals surface area (Å²) in [6, 6.07) is 25.7. The molecule has 18 heteroatoms. The van der Waals surface area contributed by atoms with Crippen molar-refractivity contribution in [2.75, 3.05) is 115 Å². The van der Waals surface area contributed by atoms with Crippen molar-refractivity contribution in [1.82, 2.24) is 50.5 Å². The number of aryl methyl sites for hydroxylation is 2. The SMILES string of the molecule is CCc1cccc(-c2cnc(C(=O)N3CCN(CC4CCN(CC(=O)NCCNC[C@@H](C(=O)N5CCN(c6ncnc7c6[C@H](C)C[C@H]7O)CC5)c5ccc(Cl)cc5)CC4)CC3)c(NC(=O)CNCc3cccc(C)c3)c2)c1. The number of pyridine rings is 1. The largest absolute Gasteiger partial charge is 0.387 e. The van der Waals surface area contributed by atoms with Crippen LogP contribution in [0.25, 0.3) is 11.1 Å². The highest BCUT2D eigenvalue weighted by atomic mass is 35.5. The normalized spacial score (nSPS) is 18.7. The number of piperidine rings is 1. The minimum Gasteiger partial charge on any atom is -0.387 e. The van der Waals surface area contributed by atoms with Gasteiger partial charge in [0.25, 0.3) is 5.91 Å². The molecule has 0 spiro atoms. The van der Waals surface area contributed by atoms with Crippen molar-refractivity contribution in [2.24, 2.45) is 5.92 Å². The first-order valence-corrected chi connectivity index (χ1v) is 28.0. The molecular formula is C59H75ClN12O5. The lowest BCUT2D eigenvalue weighted by atomic mass is 9.96. The van der Waals surface area contributed by atoms with Crippen LogP contribution in [0.2, 0.25) is 5.02 Å². The van der Waals surface area contributed by atoms with Crippen LogP contribution < -0.4 is 26.2 Å². The fraction of sp³-hybridized carbons (Fsp3) is 0.475. The van der Waals surface area contributed by atoms with Crippen LogP contribution in [-0.4, -0.2) is 168 Å². The molecule has 5 N–H and O–H groups in total. The molecule has 0 radical (unpaired) electrons. The van der Waals surface area contributed by atoms with E-state index in [1.807, 2.05) is 77.4 Å². The lowest BCUT2D eigenvalue weighted by Gasteiger charge is -2.38. The van der Waals surface area contributed by atoms with Crippen molar-refractivity contribution < 1.29 is 24.3 Å². The van der Waals surface area contributed by atoms with Crippen LogP contribution in [0, 0.1) is 12.8 Å². The molecule has 0 unspecified atom stereocenters. The maximum atomic E-state index is 14.2. The molecule has 0 saturated carbocycles. The molecule has 3 atom stereocenters. The molecule has 4 amide bonds. The fourth-order valence-corrected chi connectivity index (χ4v) is 11.4. The van der Waals surface area contributed by atoms with Gasteiger partial charge in [0.05, 0.1) is 36.5 Å². The summed E-state index contributed by atoms with van der Waals surface area (Å²) in [4.78, 5) is 79.1. The first-order valence-electron chi connectivity index (χ1n) is 27.6. The lowest BCUT2D eigenvalue weighted by molar-refractivity contribution is -0.133. The van der Waals surface area contributed by atoms with Crippen molar-refractivity contribution >= 4 is 46.7 Å². The summed E-state index contributed by atoms with van der Waals surface area (Å²) in [5.74, 6) is 0.695. The van der Waals surface area contributed by atoms with Crippen molar-refractivity contribution in [3.63, 3.8) is 0 Å². The Labute approximate surface area is 458 Å². The summed E-state index contributed by atoms with van der Waals surface area (Å²) in [6.45, 7) is 16.2. The summed E-state index contributed by atoms with van der Waals surface area (Å²) in [5.41, 5.74) is 8.52. The Morgan fingerprint density at radius 2 is 1.51 bits per heavy atom. The summed E-state index contributed by atoms with van der Waals surface area (Å²) >= 11 is 6.25. The monoisotopic (exact) mass is 1070 g/mol. The number of hydrogen-bond acceptors (Lipinski definition) is 13. The Morgan fingerprint density at radius 3 is 2.26 bits per heavy atom. The van der Waals surface area contributed by atoms with Crippen LogP contribution in [0.3, 0.4) is 0 Å². The van der Waals surface area contributed by atoms with Gasteiger partial charge in [0.1, 0.15) is 12.1 Å². The highest BCUT2D eigenvalue weighted by molar-refractivity contribution is 6.30. The number of rotatable bonds is 20. The number of benzene rings is 3. The molecule has 2 aromatic heterocycles. The number of carbonyl (C=O) groups is 4. The van der Waals surface area contributed by atoms with E-state index in [4.69, 9.17) is 16.6 Å². The molecular weight excluding hydrogens is 992 g/mol. The molecule has 5 heterocycles. The topological polar surface area (TPSA) is 191 Å². The van der Waals surface area contributed by atoms with E-state index in [1.165, 1.54) is 11.9 Å². The Hall–Kier alpha value is -6.34. The minimum absolute atomic E-state index is 0.0141. The molecule has 5 aromatic rings. The lowest BCUT2D eigenvalue weighted by Crippen LogP contribution is -2.51. The molecule has 17 nitrogen and oxygen atoms in total. The average Bonchev–Trinajstić information content (AvgIpc) is 3.76. The number of piperazine rings is 2. The van der Waals surface area contributed by atoms with E-state index < -0.39 is 12.0 Å². The van der Waals surface area contributed by atoms with E-state index in [-0.39, 0.29) is 41.8 Å². The minimum atomic E-state index is -0.572. The van der Waals surface area contributed by atoms with Gasteiger partial charge in [-0.2, -0.15) is 0 Å². The zero-order valence-electron chi connectivity index (χ0n) is 44.9. The number of aliphatic hydroxyl groups is 1. The number of amides is 4. The smallest absolute Gasteiger partial charge is 0.274 e. The van der Waals surface area contributed by atoms with Crippen molar-refractivity contribution in [2.45, 2.75) is 70.9 Å². The van der Waals surface area contributed by atoms with E-state index in [9.17, 15) is 24.3 Å². The quantitative estimate of drug-likeness (QED) is 0.0603. The summed E-state index contributed by atoms with van der Waals surface area (Å²) in [6.07, 6.45) is 6.21. The van der Waals surface area contributed by atoms with Crippen molar-refractivity contribution in [3.8, 4) is 11.1 Å². The fourth-order valence-electron chi connectivity index (χ4n) is 11.3. The van der Waals surface area contributed by atoms with Gasteiger partial charge in [-0.25, -0.2) is 15.0 Å². The molecule has 4 aliphatic rings. The number of hydrogen-bond donors (Lipinski definition) is 5. The van der Waals surface area contributed by atoms with Gasteiger partial charge in [0, 0.05) is 107 Å². The van der Waals surface area contributed by atoms with E-state index in [0.717, 1.165) is 91.2 Å². The zero-order chi connectivity index (χ0) is 53.8. The first-order chi connectivity index (χ1) is 37.4. The predicted octanol–water partition coefficient (Wildman–Crippen LogP) is 5.64. The number of nitrogens with zero attached hydrogens (tertiary/aromatic N) is 8. The standard InChI is InChI=1S/C59H75ClN12O5/c1-4-42-8-6-10-46(31-42)47-32-50(67-52(74)36-62-33-44-9-5-7-40(2)29-44)55(64-34-47)59(77)72-23-21-69(22-24-72)37-43-15-19-68(20-16-43)38-53(75)63-18-17-61-35-49(45-11-13-48(60)14-12-45)58(76)71-27-25-70(26-28-71)57-54-41(3)30-51(73)56(54)65-39-66-57/h5-14,29,31-32,34,39,41,43,49,51,61-62,73H,4,15-28,30,33,35-38H2,1-3H3,(H,63,75)(H,67,74)/t41-,49-,51-/m1/s1. The molecule has 3 aliphatic heterocycles. The van der Waals surface area contributed by atoms with Crippen LogP contribution in [0.15, 0.2) is 91.4 Å². The second kappa shape index (κ2) is 26.3. The Morgan fingerprint density at radius 1 is 0.766 bits per heavy atom. The summed E-state index contributed by atoms with van der Waals surface area (Å²) in [7, 11) is 0. The third kappa shape index (κ3) is 14.4. The Bertz CT molecular complexity index is 2830. The third-order valence-electron chi connectivity index (χ3n) is 15.7. The number of nitrogens with one attached hydrogen (secondary N) is 4. The van der Waals surface area contributed by atoms with Gasteiger partial charge in [-0.1, -0.05) is 91.7 Å². The van der Waals surface area contributed by atoms with Gasteiger partial charge in [-0.05, 0) is 98.0 Å². The number of halogens is 1. The molecule has 3 fully saturated rings. The second-order valence-corrected chi connectivity index (χ2v) is 21.7. The molecule has 3 saturated heterocycles. The van der Waals surface area contributed by atoms with Crippen LogP contribution in [0.1, 0.15) is 95.0 Å². The number of aromatic nitrogens is 3. The van der Waals surface area contributed by atoms with Crippen molar-refractivity contribution in [1.29, 1.82) is 0 Å². The molecule has 9 rings (SSSR count). The van der Waals surface area contributed by atoms with Crippen LogP contribution in [0.5, 0.6) is 0 Å². The van der Waals surface area contributed by atoms with Crippen molar-refractivity contribution in [3.05, 3.63) is 136 Å². The van der Waals surface area contributed by atoms with E-state index in [2.05, 4.69) is 78.0 Å². The maximum absolute atomic E-state index is 14.2. The maximum Gasteiger partial charge on any atom is 0.274 e. The summed E-state index contributed by atoms with van der Waals surface area (Å²) < 4.78 is 0. The van der Waals surface area contributed by atoms with Crippen LogP contribution in [0.4, 0.5) is 11.5 Å². The average molecular weight is 1070 g/mol. The van der Waals surface area contributed by atoms with Gasteiger partial charge in [-0.15, -0.1) is 0 Å². The third-order valence-corrected chi connectivity index (χ3v) is 15.9. The number of carbonyl (C=O) groups excluding carboxylic acids is 4. The van der Waals surface area contributed by atoms with Gasteiger partial charge >= 0.3 is 0 Å². The van der Waals surface area contributed by atoms with Gasteiger partial charge in [0.2, 0.25) is 17.7 Å². The molecule has 3 aromatic carbocycles. The van der Waals surface area contributed by atoms with Crippen LogP contribution in [-0.2, 0) is 27.3 Å². The zero-order valence-corrected chi connectivity index (χ0v) is 45.6. The molecule has 1 aliphatic carbocycles. The van der Waals surface area contributed by atoms with Gasteiger partial charge in [0.15, 0.2) is 5.69 Å².